The van der Waals surface area contributed by atoms with Crippen LogP contribution in [0.3, 0.4) is 0 Å². The number of nitriles is 1. The second-order valence-electron chi connectivity index (χ2n) is 7.92. The monoisotopic (exact) mass is 443 g/mol. The smallest absolute Gasteiger partial charge is 0.255 e. The van der Waals surface area contributed by atoms with E-state index < -0.39 is 0 Å². The van der Waals surface area contributed by atoms with Gasteiger partial charge in [-0.15, -0.1) is 0 Å². The molecular weight excluding hydrogens is 414 g/mol. The van der Waals surface area contributed by atoms with Crippen molar-refractivity contribution in [1.82, 2.24) is 10.3 Å². The third-order valence-electron chi connectivity index (χ3n) is 4.97. The van der Waals surface area contributed by atoms with Crippen molar-refractivity contribution in [3.05, 3.63) is 77.5 Å². The summed E-state index contributed by atoms with van der Waals surface area (Å²) in [7, 11) is 0. The number of carbonyl (C=O) groups is 1. The lowest BCUT2D eigenvalue weighted by atomic mass is 10.0. The molecule has 0 radical (unpaired) electrons. The molecule has 1 aromatic heterocycles. The summed E-state index contributed by atoms with van der Waals surface area (Å²) in [5.41, 5.74) is 10.2. The lowest BCUT2D eigenvalue weighted by Gasteiger charge is -2.10. The first-order valence-electron chi connectivity index (χ1n) is 11.0. The van der Waals surface area contributed by atoms with Crippen molar-refractivity contribution in [1.29, 1.82) is 5.26 Å². The number of nitrogen functional groups attached to an aromatic ring is 1. The van der Waals surface area contributed by atoms with Gasteiger partial charge in [0.1, 0.15) is 6.07 Å². The molecule has 0 bridgehead atoms. The van der Waals surface area contributed by atoms with Crippen molar-refractivity contribution in [3.63, 3.8) is 0 Å². The predicted octanol–water partition coefficient (Wildman–Crippen LogP) is 4.36. The molecule has 0 aliphatic rings. The van der Waals surface area contributed by atoms with Crippen LogP contribution in [0.4, 0.5) is 11.4 Å². The van der Waals surface area contributed by atoms with Crippen molar-refractivity contribution in [2.24, 2.45) is 0 Å². The molecule has 1 amide bonds. The molecule has 3 rings (SSSR count). The van der Waals surface area contributed by atoms with E-state index in [1.54, 1.807) is 42.6 Å². The molecule has 33 heavy (non-hydrogen) atoms. The first-order chi connectivity index (χ1) is 16.0. The number of ether oxygens (including phenoxy) is 1. The molecule has 3 aromatic rings. The number of amides is 1. The van der Waals surface area contributed by atoms with E-state index in [2.05, 4.69) is 21.7 Å². The molecule has 0 aliphatic heterocycles. The van der Waals surface area contributed by atoms with Crippen LogP contribution in [0, 0.1) is 11.3 Å². The highest BCUT2D eigenvalue weighted by Crippen LogP contribution is 2.23. The highest BCUT2D eigenvalue weighted by atomic mass is 16.5. The molecule has 0 spiro atoms. The number of pyridine rings is 1. The van der Waals surface area contributed by atoms with Crippen molar-refractivity contribution >= 4 is 17.3 Å². The number of benzene rings is 2. The van der Waals surface area contributed by atoms with Crippen LogP contribution < -0.4 is 16.4 Å². The fraction of sp³-hybridized carbons (Fsp3) is 0.269. The topological polar surface area (TPSA) is 113 Å². The van der Waals surface area contributed by atoms with E-state index in [0.29, 0.717) is 34.7 Å². The summed E-state index contributed by atoms with van der Waals surface area (Å²) in [5, 5.41) is 15.8. The number of nitrogens with two attached hydrogens (primary N) is 1. The molecule has 7 heteroatoms. The Morgan fingerprint density at radius 2 is 1.94 bits per heavy atom. The van der Waals surface area contributed by atoms with Crippen molar-refractivity contribution in [2.75, 3.05) is 24.2 Å². The van der Waals surface area contributed by atoms with Gasteiger partial charge in [0.05, 0.1) is 28.7 Å². The summed E-state index contributed by atoms with van der Waals surface area (Å²) in [4.78, 5) is 17.0. The minimum atomic E-state index is -0.256. The van der Waals surface area contributed by atoms with Crippen LogP contribution >= 0.6 is 0 Å². The molecule has 1 heterocycles. The Morgan fingerprint density at radius 3 is 2.64 bits per heavy atom. The Kier molecular flexibility index (Phi) is 8.53. The van der Waals surface area contributed by atoms with Crippen LogP contribution in [0.2, 0.25) is 0 Å². The van der Waals surface area contributed by atoms with Crippen LogP contribution in [-0.2, 0) is 11.3 Å². The summed E-state index contributed by atoms with van der Waals surface area (Å²) >= 11 is 0. The fourth-order valence-corrected chi connectivity index (χ4v) is 3.25. The van der Waals surface area contributed by atoms with Crippen LogP contribution in [0.1, 0.15) is 41.8 Å². The largest absolute Gasteiger partial charge is 0.397 e. The zero-order chi connectivity index (χ0) is 23.6. The normalized spacial score (nSPS) is 10.7. The van der Waals surface area contributed by atoms with Gasteiger partial charge in [0.2, 0.25) is 0 Å². The first-order valence-corrected chi connectivity index (χ1v) is 11.0. The minimum absolute atomic E-state index is 0.242. The van der Waals surface area contributed by atoms with Gasteiger partial charge in [-0.3, -0.25) is 9.78 Å². The van der Waals surface area contributed by atoms with Crippen molar-refractivity contribution in [3.8, 4) is 17.3 Å². The summed E-state index contributed by atoms with van der Waals surface area (Å²) in [6, 6.07) is 18.2. The van der Waals surface area contributed by atoms with E-state index in [9.17, 15) is 10.1 Å². The Balaban J connectivity index is 1.62. The highest BCUT2D eigenvalue weighted by molar-refractivity contribution is 6.05. The third-order valence-corrected chi connectivity index (χ3v) is 4.97. The van der Waals surface area contributed by atoms with Crippen molar-refractivity contribution in [2.45, 2.75) is 32.9 Å². The van der Waals surface area contributed by atoms with E-state index in [4.69, 9.17) is 10.5 Å². The summed E-state index contributed by atoms with van der Waals surface area (Å²) in [5.74, 6) is -0.256. The highest BCUT2D eigenvalue weighted by Gasteiger charge is 2.11. The molecular formula is C26H29N5O2. The van der Waals surface area contributed by atoms with E-state index in [0.717, 1.165) is 30.7 Å². The van der Waals surface area contributed by atoms with Gasteiger partial charge in [-0.2, -0.15) is 5.26 Å². The second kappa shape index (κ2) is 11.8. The minimum Gasteiger partial charge on any atom is -0.397 e. The van der Waals surface area contributed by atoms with Gasteiger partial charge in [0.15, 0.2) is 0 Å². The predicted molar refractivity (Wildman–Crippen MR) is 131 cm³/mol. The molecule has 0 saturated carbocycles. The standard InChI is InChI=1S/C26H29N5O2/c1-18(2)33-13-5-12-29-16-19-14-22(15-27)25(30-17-19)20-8-10-21(11-9-20)26(32)31-24-7-4-3-6-23(24)28/h3-4,6-11,14,17-18,29H,5,12-13,16,28H2,1-2H3,(H,31,32). The van der Waals surface area contributed by atoms with Gasteiger partial charge in [0.25, 0.3) is 5.91 Å². The van der Waals surface area contributed by atoms with Crippen LogP contribution in [0.15, 0.2) is 60.8 Å². The Hall–Kier alpha value is -3.73. The van der Waals surface area contributed by atoms with E-state index in [1.165, 1.54) is 0 Å². The molecule has 0 aliphatic carbocycles. The molecule has 170 valence electrons. The number of rotatable bonds is 10. The number of aromatic nitrogens is 1. The van der Waals surface area contributed by atoms with Gasteiger partial charge in [0, 0.05) is 30.5 Å². The average molecular weight is 444 g/mol. The maximum absolute atomic E-state index is 12.5. The maximum atomic E-state index is 12.5. The molecule has 0 unspecified atom stereocenters. The second-order valence-corrected chi connectivity index (χ2v) is 7.92. The van der Waals surface area contributed by atoms with Crippen LogP contribution in [-0.4, -0.2) is 30.1 Å². The number of hydrogen-bond acceptors (Lipinski definition) is 6. The van der Waals surface area contributed by atoms with Crippen LogP contribution in [0.25, 0.3) is 11.3 Å². The summed E-state index contributed by atoms with van der Waals surface area (Å²) < 4.78 is 5.53. The Labute approximate surface area is 194 Å². The van der Waals surface area contributed by atoms with Gasteiger partial charge in [-0.1, -0.05) is 24.3 Å². The molecule has 0 saturated heterocycles. The Bertz CT molecular complexity index is 1120. The Morgan fingerprint density at radius 1 is 1.18 bits per heavy atom. The average Bonchev–Trinajstić information content (AvgIpc) is 2.82. The van der Waals surface area contributed by atoms with Gasteiger partial charge in [-0.05, 0) is 62.7 Å². The molecule has 4 N–H and O–H groups in total. The molecule has 2 aromatic carbocycles. The number of nitrogens with one attached hydrogen (secondary N) is 2. The fourth-order valence-electron chi connectivity index (χ4n) is 3.25. The summed E-state index contributed by atoms with van der Waals surface area (Å²) in [6.45, 7) is 6.22. The zero-order valence-corrected chi connectivity index (χ0v) is 19.0. The van der Waals surface area contributed by atoms with Gasteiger partial charge >= 0.3 is 0 Å². The first kappa shape index (κ1) is 23.9. The summed E-state index contributed by atoms with van der Waals surface area (Å²) in [6.07, 6.45) is 2.93. The van der Waals surface area contributed by atoms with E-state index in [-0.39, 0.29) is 12.0 Å². The van der Waals surface area contributed by atoms with E-state index >= 15 is 0 Å². The van der Waals surface area contributed by atoms with Crippen LogP contribution in [0.5, 0.6) is 0 Å². The molecule has 0 atom stereocenters. The lowest BCUT2D eigenvalue weighted by molar-refractivity contribution is 0.0770. The lowest BCUT2D eigenvalue weighted by Crippen LogP contribution is -2.17. The molecule has 7 nitrogen and oxygen atoms in total. The van der Waals surface area contributed by atoms with Crippen molar-refractivity contribution < 1.29 is 9.53 Å². The van der Waals surface area contributed by atoms with Gasteiger partial charge < -0.3 is 21.1 Å². The van der Waals surface area contributed by atoms with Gasteiger partial charge in [-0.25, -0.2) is 0 Å². The number of anilines is 2. The molecule has 0 fully saturated rings. The number of para-hydroxylation sites is 2. The van der Waals surface area contributed by atoms with E-state index in [1.807, 2.05) is 32.0 Å². The third kappa shape index (κ3) is 6.88. The number of carbonyl (C=O) groups excluding carboxylic acids is 1. The maximum Gasteiger partial charge on any atom is 0.255 e. The quantitative estimate of drug-likeness (QED) is 0.317. The zero-order valence-electron chi connectivity index (χ0n) is 19.0. The number of hydrogen-bond donors (Lipinski definition) is 3. The number of nitrogens with zero attached hydrogens (tertiary/aromatic N) is 2. The SMILES string of the molecule is CC(C)OCCCNCc1cnc(-c2ccc(C(=O)Nc3ccccc3N)cc2)c(C#N)c1.